The third kappa shape index (κ3) is 3.73. The Balaban J connectivity index is 1.64. The van der Waals surface area contributed by atoms with E-state index in [1.165, 1.54) is 5.56 Å². The van der Waals surface area contributed by atoms with Crippen molar-refractivity contribution in [2.75, 3.05) is 19.8 Å². The van der Waals surface area contributed by atoms with Gasteiger partial charge in [-0.15, -0.1) is 0 Å². The van der Waals surface area contributed by atoms with Crippen molar-refractivity contribution >= 4 is 0 Å². The first kappa shape index (κ1) is 14.3. The largest absolute Gasteiger partial charge is 0.467 e. The summed E-state index contributed by atoms with van der Waals surface area (Å²) in [5.74, 6) is 0.625. The highest BCUT2D eigenvalue weighted by molar-refractivity contribution is 5.14. The first-order valence-corrected chi connectivity index (χ1v) is 7.40. The molecule has 0 spiro atoms. The molecule has 0 saturated carbocycles. The van der Waals surface area contributed by atoms with Gasteiger partial charge in [0.25, 0.3) is 0 Å². The van der Waals surface area contributed by atoms with E-state index in [1.54, 1.807) is 12.3 Å². The minimum atomic E-state index is -0.579. The van der Waals surface area contributed by atoms with Crippen LogP contribution in [0.25, 0.3) is 0 Å². The van der Waals surface area contributed by atoms with Gasteiger partial charge in [0, 0.05) is 19.1 Å². The second kappa shape index (κ2) is 6.89. The molecule has 21 heavy (non-hydrogen) atoms. The fourth-order valence-electron chi connectivity index (χ4n) is 2.79. The van der Waals surface area contributed by atoms with E-state index in [9.17, 15) is 5.11 Å². The Hall–Kier alpha value is -1.62. The molecule has 0 amide bonds. The predicted molar refractivity (Wildman–Crippen MR) is 79.7 cm³/mol. The summed E-state index contributed by atoms with van der Waals surface area (Å²) >= 11 is 0. The third-order valence-electron chi connectivity index (χ3n) is 3.94. The van der Waals surface area contributed by atoms with Crippen molar-refractivity contribution in [1.29, 1.82) is 0 Å². The molecule has 1 aliphatic rings. The first-order chi connectivity index (χ1) is 10.3. The van der Waals surface area contributed by atoms with Crippen LogP contribution < -0.4 is 0 Å². The molecule has 112 valence electrons. The van der Waals surface area contributed by atoms with Gasteiger partial charge in [0.15, 0.2) is 0 Å². The lowest BCUT2D eigenvalue weighted by Crippen LogP contribution is -2.45. The number of rotatable bonds is 5. The van der Waals surface area contributed by atoms with Crippen LogP contribution in [-0.2, 0) is 11.3 Å². The van der Waals surface area contributed by atoms with Gasteiger partial charge in [-0.05, 0) is 24.1 Å². The molecule has 2 atom stereocenters. The highest BCUT2D eigenvalue weighted by Gasteiger charge is 2.26. The molecule has 1 saturated heterocycles. The summed E-state index contributed by atoms with van der Waals surface area (Å²) < 4.78 is 10.9. The number of aliphatic hydroxyl groups is 1. The maximum Gasteiger partial charge on any atom is 0.132 e. The maximum absolute atomic E-state index is 10.3. The van der Waals surface area contributed by atoms with Gasteiger partial charge in [-0.25, -0.2) is 0 Å². The summed E-state index contributed by atoms with van der Waals surface area (Å²) in [5, 5.41) is 10.3. The molecule has 1 aromatic carbocycles. The number of hydrogen-bond donors (Lipinski definition) is 1. The van der Waals surface area contributed by atoms with Gasteiger partial charge in [0.1, 0.15) is 11.9 Å². The number of nitrogens with zero attached hydrogens (tertiary/aromatic N) is 1. The highest BCUT2D eigenvalue weighted by Crippen LogP contribution is 2.24. The SMILES string of the molecule is OC(CC1COCCN1Cc1ccccc1)c1ccco1. The van der Waals surface area contributed by atoms with Crippen LogP contribution in [0.2, 0.25) is 0 Å². The quantitative estimate of drug-likeness (QED) is 0.918. The predicted octanol–water partition coefficient (Wildman–Crippen LogP) is 2.60. The van der Waals surface area contributed by atoms with E-state index in [0.29, 0.717) is 18.8 Å². The van der Waals surface area contributed by atoms with Crippen LogP contribution in [0, 0.1) is 0 Å². The van der Waals surface area contributed by atoms with Crippen molar-refractivity contribution < 1.29 is 14.3 Å². The van der Waals surface area contributed by atoms with E-state index in [2.05, 4.69) is 29.2 Å². The van der Waals surface area contributed by atoms with Crippen LogP contribution >= 0.6 is 0 Å². The van der Waals surface area contributed by atoms with E-state index in [4.69, 9.17) is 9.15 Å². The van der Waals surface area contributed by atoms with Crippen LogP contribution in [0.3, 0.4) is 0 Å². The summed E-state index contributed by atoms with van der Waals surface area (Å²) in [5.41, 5.74) is 1.29. The number of morpholine rings is 1. The Morgan fingerprint density at radius 3 is 2.81 bits per heavy atom. The van der Waals surface area contributed by atoms with E-state index in [0.717, 1.165) is 19.7 Å². The fourth-order valence-corrected chi connectivity index (χ4v) is 2.79. The summed E-state index contributed by atoms with van der Waals surface area (Å²) in [4.78, 5) is 2.38. The normalized spacial score (nSPS) is 21.3. The Bertz CT molecular complexity index is 526. The minimum Gasteiger partial charge on any atom is -0.467 e. The lowest BCUT2D eigenvalue weighted by atomic mass is 10.0. The molecule has 2 aromatic rings. The third-order valence-corrected chi connectivity index (χ3v) is 3.94. The molecular weight excluding hydrogens is 266 g/mol. The second-order valence-electron chi connectivity index (χ2n) is 5.45. The molecular formula is C17H21NO3. The van der Waals surface area contributed by atoms with Crippen molar-refractivity contribution in [3.63, 3.8) is 0 Å². The minimum absolute atomic E-state index is 0.207. The number of aliphatic hydroxyl groups excluding tert-OH is 1. The van der Waals surface area contributed by atoms with Crippen LogP contribution in [0.1, 0.15) is 23.8 Å². The molecule has 3 rings (SSSR count). The van der Waals surface area contributed by atoms with Gasteiger partial charge in [0.05, 0.1) is 19.5 Å². The zero-order valence-electron chi connectivity index (χ0n) is 12.0. The molecule has 0 radical (unpaired) electrons. The van der Waals surface area contributed by atoms with Gasteiger partial charge < -0.3 is 14.3 Å². The Kier molecular flexibility index (Phi) is 4.70. The van der Waals surface area contributed by atoms with Gasteiger partial charge in [0.2, 0.25) is 0 Å². The standard InChI is InChI=1S/C17H21NO3/c19-16(17-7-4-9-21-17)11-15-13-20-10-8-18(15)12-14-5-2-1-3-6-14/h1-7,9,15-16,19H,8,10-13H2. The summed E-state index contributed by atoms with van der Waals surface area (Å²) in [6.07, 6.45) is 1.64. The van der Waals surface area contributed by atoms with Gasteiger partial charge in [-0.1, -0.05) is 30.3 Å². The molecule has 4 nitrogen and oxygen atoms in total. The Labute approximate surface area is 124 Å². The zero-order chi connectivity index (χ0) is 14.5. The van der Waals surface area contributed by atoms with Crippen LogP contribution in [-0.4, -0.2) is 35.8 Å². The van der Waals surface area contributed by atoms with Crippen molar-refractivity contribution in [2.24, 2.45) is 0 Å². The Morgan fingerprint density at radius 2 is 2.05 bits per heavy atom. The molecule has 2 unspecified atom stereocenters. The van der Waals surface area contributed by atoms with Crippen LogP contribution in [0.5, 0.6) is 0 Å². The maximum atomic E-state index is 10.3. The van der Waals surface area contributed by atoms with Crippen molar-refractivity contribution in [1.82, 2.24) is 4.90 Å². The molecule has 4 heteroatoms. The van der Waals surface area contributed by atoms with Crippen LogP contribution in [0.4, 0.5) is 0 Å². The summed E-state index contributed by atoms with van der Waals surface area (Å²) in [7, 11) is 0. The van der Waals surface area contributed by atoms with Gasteiger partial charge in [-0.3, -0.25) is 4.90 Å². The highest BCUT2D eigenvalue weighted by atomic mass is 16.5. The second-order valence-corrected chi connectivity index (χ2v) is 5.45. The number of hydrogen-bond acceptors (Lipinski definition) is 4. The monoisotopic (exact) mass is 287 g/mol. The van der Waals surface area contributed by atoms with Gasteiger partial charge in [-0.2, -0.15) is 0 Å². The molecule has 0 bridgehead atoms. The number of benzene rings is 1. The lowest BCUT2D eigenvalue weighted by Gasteiger charge is -2.36. The summed E-state index contributed by atoms with van der Waals surface area (Å²) in [6, 6.07) is 14.2. The van der Waals surface area contributed by atoms with Crippen molar-refractivity contribution in [2.45, 2.75) is 25.1 Å². The first-order valence-electron chi connectivity index (χ1n) is 7.40. The molecule has 1 aliphatic heterocycles. The van der Waals surface area contributed by atoms with Crippen molar-refractivity contribution in [3.8, 4) is 0 Å². The average Bonchev–Trinajstić information content (AvgIpc) is 3.05. The molecule has 2 heterocycles. The molecule has 1 aromatic heterocycles. The fraction of sp³-hybridized carbons (Fsp3) is 0.412. The Morgan fingerprint density at radius 1 is 1.19 bits per heavy atom. The molecule has 0 aliphatic carbocycles. The van der Waals surface area contributed by atoms with Gasteiger partial charge >= 0.3 is 0 Å². The number of ether oxygens (including phenoxy) is 1. The average molecular weight is 287 g/mol. The smallest absolute Gasteiger partial charge is 0.132 e. The summed E-state index contributed by atoms with van der Waals surface area (Å²) in [6.45, 7) is 3.19. The lowest BCUT2D eigenvalue weighted by molar-refractivity contribution is -0.0323. The zero-order valence-corrected chi connectivity index (χ0v) is 12.0. The van der Waals surface area contributed by atoms with Crippen LogP contribution in [0.15, 0.2) is 53.1 Å². The molecule has 1 fully saturated rings. The van der Waals surface area contributed by atoms with E-state index >= 15 is 0 Å². The van der Waals surface area contributed by atoms with E-state index in [1.807, 2.05) is 12.1 Å². The van der Waals surface area contributed by atoms with E-state index < -0.39 is 6.10 Å². The van der Waals surface area contributed by atoms with E-state index in [-0.39, 0.29) is 6.04 Å². The molecule has 1 N–H and O–H groups in total. The topological polar surface area (TPSA) is 45.8 Å². The number of furan rings is 1. The van der Waals surface area contributed by atoms with Crippen molar-refractivity contribution in [3.05, 3.63) is 60.1 Å².